The molecule has 1 aromatic carbocycles. The second-order valence-electron chi connectivity index (χ2n) is 4.86. The summed E-state index contributed by atoms with van der Waals surface area (Å²) in [7, 11) is 2.03. The van der Waals surface area contributed by atoms with Crippen LogP contribution in [0.2, 0.25) is 0 Å². The maximum atomic E-state index is 11.8. The van der Waals surface area contributed by atoms with Crippen LogP contribution in [0.3, 0.4) is 0 Å². The van der Waals surface area contributed by atoms with Crippen LogP contribution in [0.5, 0.6) is 11.5 Å². The average Bonchev–Trinajstić information content (AvgIpc) is 2.34. The van der Waals surface area contributed by atoms with Crippen molar-refractivity contribution in [3.63, 3.8) is 0 Å². The van der Waals surface area contributed by atoms with Gasteiger partial charge < -0.3 is 20.4 Å². The zero-order chi connectivity index (χ0) is 14.4. The highest BCUT2D eigenvalue weighted by Crippen LogP contribution is 2.25. The molecule has 106 valence electrons. The number of nitrogens with one attached hydrogen (secondary N) is 1. The van der Waals surface area contributed by atoms with Crippen molar-refractivity contribution < 1.29 is 15.0 Å². The van der Waals surface area contributed by atoms with Gasteiger partial charge in [0.05, 0.1) is 0 Å². The number of benzene rings is 1. The molecule has 0 saturated heterocycles. The Morgan fingerprint density at radius 1 is 1.32 bits per heavy atom. The van der Waals surface area contributed by atoms with Gasteiger partial charge in [-0.25, -0.2) is 0 Å². The lowest BCUT2D eigenvalue weighted by atomic mass is 10.1. The van der Waals surface area contributed by atoms with Gasteiger partial charge in [-0.05, 0) is 46.0 Å². The van der Waals surface area contributed by atoms with Crippen LogP contribution in [0.15, 0.2) is 18.2 Å². The Labute approximate surface area is 113 Å². The van der Waals surface area contributed by atoms with Crippen LogP contribution in [0, 0.1) is 0 Å². The minimum atomic E-state index is -0.456. The molecule has 0 unspecified atom stereocenters. The lowest BCUT2D eigenvalue weighted by molar-refractivity contribution is 0.0946. The zero-order valence-corrected chi connectivity index (χ0v) is 11.7. The fourth-order valence-electron chi connectivity index (χ4n) is 1.64. The van der Waals surface area contributed by atoms with Crippen molar-refractivity contribution in [3.05, 3.63) is 23.8 Å². The first-order chi connectivity index (χ1) is 8.93. The van der Waals surface area contributed by atoms with Gasteiger partial charge in [-0.3, -0.25) is 4.79 Å². The van der Waals surface area contributed by atoms with Gasteiger partial charge in [0, 0.05) is 12.6 Å². The molecule has 5 heteroatoms. The molecule has 0 spiro atoms. The summed E-state index contributed by atoms with van der Waals surface area (Å²) in [6, 6.07) is 4.71. The van der Waals surface area contributed by atoms with Crippen molar-refractivity contribution in [2.75, 3.05) is 20.1 Å². The number of nitrogens with zero attached hydrogens (tertiary/aromatic N) is 1. The Morgan fingerprint density at radius 2 is 1.89 bits per heavy atom. The highest BCUT2D eigenvalue weighted by Gasteiger charge is 2.15. The molecule has 0 heterocycles. The maximum absolute atomic E-state index is 11.8. The number of phenols is 2. The lowest BCUT2D eigenvalue weighted by Gasteiger charge is -2.20. The van der Waals surface area contributed by atoms with E-state index in [1.807, 2.05) is 7.05 Å². The molecule has 0 atom stereocenters. The van der Waals surface area contributed by atoms with Crippen LogP contribution in [0.4, 0.5) is 0 Å². The van der Waals surface area contributed by atoms with Gasteiger partial charge in [0.2, 0.25) is 0 Å². The number of carbonyl (C=O) groups excluding carboxylic acids is 1. The number of phenolic OH excluding ortho intramolecular Hbond substituents is 2. The molecule has 19 heavy (non-hydrogen) atoms. The molecule has 1 aromatic rings. The highest BCUT2D eigenvalue weighted by atomic mass is 16.3. The van der Waals surface area contributed by atoms with E-state index in [1.165, 1.54) is 18.2 Å². The lowest BCUT2D eigenvalue weighted by Crippen LogP contribution is -2.31. The number of aromatic hydroxyl groups is 2. The first-order valence-electron chi connectivity index (χ1n) is 6.43. The summed E-state index contributed by atoms with van der Waals surface area (Å²) in [4.78, 5) is 14.0. The molecule has 0 aliphatic rings. The van der Waals surface area contributed by atoms with Gasteiger partial charge in [0.1, 0.15) is 17.1 Å². The molecule has 1 rings (SSSR count). The fourth-order valence-corrected chi connectivity index (χ4v) is 1.64. The minimum absolute atomic E-state index is 0.0697. The molecule has 0 radical (unpaired) electrons. The molecule has 0 aliphatic heterocycles. The van der Waals surface area contributed by atoms with Crippen molar-refractivity contribution in [2.45, 2.75) is 26.3 Å². The van der Waals surface area contributed by atoms with Gasteiger partial charge in [-0.1, -0.05) is 6.07 Å². The van der Waals surface area contributed by atoms with Gasteiger partial charge in [0.15, 0.2) is 0 Å². The van der Waals surface area contributed by atoms with E-state index in [4.69, 9.17) is 0 Å². The van der Waals surface area contributed by atoms with Gasteiger partial charge in [0.25, 0.3) is 5.91 Å². The van der Waals surface area contributed by atoms with Crippen molar-refractivity contribution in [2.24, 2.45) is 0 Å². The molecular weight excluding hydrogens is 244 g/mol. The number of carbonyl (C=O) groups is 1. The second-order valence-corrected chi connectivity index (χ2v) is 4.86. The monoisotopic (exact) mass is 266 g/mol. The third-order valence-electron chi connectivity index (χ3n) is 3.10. The smallest absolute Gasteiger partial charge is 0.258 e. The molecule has 0 aliphatic carbocycles. The van der Waals surface area contributed by atoms with Crippen molar-refractivity contribution in [3.8, 4) is 11.5 Å². The molecule has 5 nitrogen and oxygen atoms in total. The summed E-state index contributed by atoms with van der Waals surface area (Å²) in [5, 5.41) is 21.8. The number of hydrogen-bond donors (Lipinski definition) is 3. The molecule has 0 bridgehead atoms. The van der Waals surface area contributed by atoms with Crippen LogP contribution in [-0.4, -0.2) is 47.2 Å². The fraction of sp³-hybridized carbons (Fsp3) is 0.500. The van der Waals surface area contributed by atoms with E-state index in [2.05, 4.69) is 24.1 Å². The predicted molar refractivity (Wildman–Crippen MR) is 74.5 cm³/mol. The Bertz CT molecular complexity index is 412. The first-order valence-corrected chi connectivity index (χ1v) is 6.43. The summed E-state index contributed by atoms with van der Waals surface area (Å²) in [5.74, 6) is -0.878. The largest absolute Gasteiger partial charge is 0.507 e. The van der Waals surface area contributed by atoms with Crippen molar-refractivity contribution in [1.82, 2.24) is 10.2 Å². The standard InChI is InChI=1S/C14H22N2O3/c1-10(2)16(3)9-5-8-15-14(19)13-11(17)6-4-7-12(13)18/h4,6-7,10,17-18H,5,8-9H2,1-3H3,(H,15,19). The topological polar surface area (TPSA) is 72.8 Å². The normalized spacial score (nSPS) is 11.0. The van der Waals surface area contributed by atoms with Gasteiger partial charge >= 0.3 is 0 Å². The SMILES string of the molecule is CC(C)N(C)CCCNC(=O)c1c(O)cccc1O. The Morgan fingerprint density at radius 3 is 2.42 bits per heavy atom. The van der Waals surface area contributed by atoms with Crippen LogP contribution < -0.4 is 5.32 Å². The molecule has 0 aromatic heterocycles. The Kier molecular flexibility index (Phi) is 5.63. The summed E-state index contributed by atoms with van der Waals surface area (Å²) < 4.78 is 0. The summed E-state index contributed by atoms with van der Waals surface area (Å²) >= 11 is 0. The quantitative estimate of drug-likeness (QED) is 0.683. The maximum Gasteiger partial charge on any atom is 0.258 e. The van der Waals surface area contributed by atoms with Gasteiger partial charge in [-0.15, -0.1) is 0 Å². The van der Waals surface area contributed by atoms with E-state index in [-0.39, 0.29) is 17.1 Å². The molecule has 0 fully saturated rings. The summed E-state index contributed by atoms with van der Waals surface area (Å²) in [6.07, 6.45) is 0.814. The predicted octanol–water partition coefficient (Wildman–Crippen LogP) is 1.56. The second kappa shape index (κ2) is 6.99. The Hall–Kier alpha value is -1.75. The molecule has 3 N–H and O–H groups in total. The van der Waals surface area contributed by atoms with E-state index in [0.29, 0.717) is 12.6 Å². The number of rotatable bonds is 6. The highest BCUT2D eigenvalue weighted by molar-refractivity contribution is 5.99. The van der Waals surface area contributed by atoms with E-state index in [0.717, 1.165) is 13.0 Å². The van der Waals surface area contributed by atoms with Crippen molar-refractivity contribution >= 4 is 5.91 Å². The van der Waals surface area contributed by atoms with Crippen LogP contribution in [-0.2, 0) is 0 Å². The van der Waals surface area contributed by atoms with E-state index in [1.54, 1.807) is 0 Å². The molecule has 1 amide bonds. The van der Waals surface area contributed by atoms with E-state index >= 15 is 0 Å². The van der Waals surface area contributed by atoms with Crippen molar-refractivity contribution in [1.29, 1.82) is 0 Å². The third kappa shape index (κ3) is 4.44. The van der Waals surface area contributed by atoms with E-state index < -0.39 is 5.91 Å². The summed E-state index contributed by atoms with van der Waals surface area (Å²) in [6.45, 7) is 5.60. The average molecular weight is 266 g/mol. The van der Waals surface area contributed by atoms with Gasteiger partial charge in [-0.2, -0.15) is 0 Å². The molecule has 0 saturated carbocycles. The third-order valence-corrected chi connectivity index (χ3v) is 3.10. The summed E-state index contributed by atoms with van der Waals surface area (Å²) in [5.41, 5.74) is -0.0697. The Balaban J connectivity index is 2.44. The number of amides is 1. The van der Waals surface area contributed by atoms with Crippen LogP contribution in [0.1, 0.15) is 30.6 Å². The van der Waals surface area contributed by atoms with Crippen LogP contribution >= 0.6 is 0 Å². The molecular formula is C14H22N2O3. The minimum Gasteiger partial charge on any atom is -0.507 e. The van der Waals surface area contributed by atoms with Crippen LogP contribution in [0.25, 0.3) is 0 Å². The zero-order valence-electron chi connectivity index (χ0n) is 11.7. The first kappa shape index (κ1) is 15.3. The van der Waals surface area contributed by atoms with E-state index in [9.17, 15) is 15.0 Å². The number of hydrogen-bond acceptors (Lipinski definition) is 4.